The molecular weight excluding hydrogens is 248 g/mol. The summed E-state index contributed by atoms with van der Waals surface area (Å²) in [5.74, 6) is -0.832. The van der Waals surface area contributed by atoms with Gasteiger partial charge in [0.1, 0.15) is 0 Å². The summed E-state index contributed by atoms with van der Waals surface area (Å²) in [5.41, 5.74) is 0. The number of aromatic nitrogens is 1. The fraction of sp³-hybridized carbons (Fsp3) is 0.600. The number of hydrogen-bond donors (Lipinski definition) is 1. The molecule has 0 aliphatic carbocycles. The van der Waals surface area contributed by atoms with Crippen LogP contribution >= 0.6 is 22.9 Å². The Balaban J connectivity index is 1.83. The molecule has 1 N–H and O–H groups in total. The lowest BCUT2D eigenvalue weighted by molar-refractivity contribution is -0.143. The van der Waals surface area contributed by atoms with Crippen molar-refractivity contribution >= 4 is 28.9 Å². The van der Waals surface area contributed by atoms with E-state index < -0.39 is 5.97 Å². The Labute approximate surface area is 103 Å². The SMILES string of the molecule is O=C(O)C1CCN(Cc2cnc(Cl)s2)CC1. The van der Waals surface area contributed by atoms with Crippen molar-refractivity contribution in [2.75, 3.05) is 13.1 Å². The van der Waals surface area contributed by atoms with Gasteiger partial charge < -0.3 is 5.11 Å². The standard InChI is InChI=1S/C10H13ClN2O2S/c11-10-12-5-8(16-10)6-13-3-1-7(2-4-13)9(14)15/h5,7H,1-4,6H2,(H,14,15). The lowest BCUT2D eigenvalue weighted by atomic mass is 9.97. The van der Waals surface area contributed by atoms with E-state index in [1.54, 1.807) is 6.20 Å². The first-order valence-corrected chi connectivity index (χ1v) is 6.40. The summed E-state index contributed by atoms with van der Waals surface area (Å²) in [6.45, 7) is 2.51. The molecule has 0 radical (unpaired) electrons. The maximum atomic E-state index is 10.8. The third-order valence-electron chi connectivity index (χ3n) is 2.84. The van der Waals surface area contributed by atoms with Gasteiger partial charge >= 0.3 is 5.97 Å². The first-order chi connectivity index (χ1) is 7.65. The maximum Gasteiger partial charge on any atom is 0.306 e. The van der Waals surface area contributed by atoms with Crippen molar-refractivity contribution < 1.29 is 9.90 Å². The van der Waals surface area contributed by atoms with Crippen LogP contribution in [0, 0.1) is 5.92 Å². The van der Waals surface area contributed by atoms with Gasteiger partial charge in [-0.1, -0.05) is 11.6 Å². The van der Waals surface area contributed by atoms with Crippen molar-refractivity contribution in [3.63, 3.8) is 0 Å². The highest BCUT2D eigenvalue weighted by atomic mass is 35.5. The summed E-state index contributed by atoms with van der Waals surface area (Å²) in [7, 11) is 0. The second-order valence-electron chi connectivity index (χ2n) is 3.97. The lowest BCUT2D eigenvalue weighted by Crippen LogP contribution is -2.35. The van der Waals surface area contributed by atoms with Crippen LogP contribution in [-0.2, 0) is 11.3 Å². The van der Waals surface area contributed by atoms with E-state index in [0.29, 0.717) is 4.47 Å². The zero-order chi connectivity index (χ0) is 11.5. The van der Waals surface area contributed by atoms with Crippen LogP contribution in [-0.4, -0.2) is 34.0 Å². The highest BCUT2D eigenvalue weighted by Crippen LogP contribution is 2.23. The third-order valence-corrected chi connectivity index (χ3v) is 3.94. The number of likely N-dealkylation sites (tertiary alicyclic amines) is 1. The van der Waals surface area contributed by atoms with E-state index in [1.807, 2.05) is 0 Å². The fourth-order valence-corrected chi connectivity index (χ4v) is 2.94. The minimum absolute atomic E-state index is 0.165. The van der Waals surface area contributed by atoms with Gasteiger partial charge in [-0.15, -0.1) is 11.3 Å². The molecule has 4 nitrogen and oxygen atoms in total. The van der Waals surface area contributed by atoms with Gasteiger partial charge in [0.2, 0.25) is 0 Å². The number of hydrogen-bond acceptors (Lipinski definition) is 4. The Hall–Kier alpha value is -0.650. The number of thiazole rings is 1. The largest absolute Gasteiger partial charge is 0.481 e. The monoisotopic (exact) mass is 260 g/mol. The quantitative estimate of drug-likeness (QED) is 0.904. The Kier molecular flexibility index (Phi) is 3.78. The number of carbonyl (C=O) groups is 1. The van der Waals surface area contributed by atoms with Crippen molar-refractivity contribution in [3.05, 3.63) is 15.5 Å². The fourth-order valence-electron chi connectivity index (χ4n) is 1.92. The molecule has 1 aromatic rings. The van der Waals surface area contributed by atoms with Gasteiger partial charge in [0.15, 0.2) is 4.47 Å². The van der Waals surface area contributed by atoms with Gasteiger partial charge in [-0.2, -0.15) is 0 Å². The highest BCUT2D eigenvalue weighted by molar-refractivity contribution is 7.15. The first kappa shape index (κ1) is 11.8. The van der Waals surface area contributed by atoms with Gasteiger partial charge in [0.25, 0.3) is 0 Å². The molecule has 0 aromatic carbocycles. The van der Waals surface area contributed by atoms with Crippen LogP contribution in [0.5, 0.6) is 0 Å². The molecule has 2 heterocycles. The molecular formula is C10H13ClN2O2S. The molecule has 1 fully saturated rings. The van der Waals surface area contributed by atoms with E-state index in [1.165, 1.54) is 11.3 Å². The van der Waals surface area contributed by atoms with Crippen LogP contribution < -0.4 is 0 Å². The molecule has 16 heavy (non-hydrogen) atoms. The number of nitrogens with zero attached hydrogens (tertiary/aromatic N) is 2. The van der Waals surface area contributed by atoms with Crippen LogP contribution in [0.1, 0.15) is 17.7 Å². The van der Waals surface area contributed by atoms with Crippen molar-refractivity contribution in [3.8, 4) is 0 Å². The Morgan fingerprint density at radius 3 is 2.81 bits per heavy atom. The van der Waals surface area contributed by atoms with Crippen LogP contribution in [0.25, 0.3) is 0 Å². The molecule has 1 saturated heterocycles. The Morgan fingerprint density at radius 1 is 1.62 bits per heavy atom. The lowest BCUT2D eigenvalue weighted by Gasteiger charge is -2.29. The molecule has 88 valence electrons. The molecule has 0 saturated carbocycles. The highest BCUT2D eigenvalue weighted by Gasteiger charge is 2.24. The van der Waals surface area contributed by atoms with Gasteiger partial charge in [0.05, 0.1) is 5.92 Å². The summed E-state index contributed by atoms with van der Waals surface area (Å²) < 4.78 is 0.565. The molecule has 0 spiro atoms. The topological polar surface area (TPSA) is 53.4 Å². The van der Waals surface area contributed by atoms with Gasteiger partial charge in [0, 0.05) is 17.6 Å². The van der Waals surface area contributed by atoms with Crippen molar-refractivity contribution in [1.29, 1.82) is 0 Å². The average Bonchev–Trinajstić information content (AvgIpc) is 2.65. The van der Waals surface area contributed by atoms with E-state index >= 15 is 0 Å². The van der Waals surface area contributed by atoms with Gasteiger partial charge in [-0.3, -0.25) is 9.69 Å². The molecule has 0 amide bonds. The molecule has 0 unspecified atom stereocenters. The van der Waals surface area contributed by atoms with E-state index in [9.17, 15) is 4.79 Å². The molecule has 0 bridgehead atoms. The van der Waals surface area contributed by atoms with Gasteiger partial charge in [-0.05, 0) is 25.9 Å². The second kappa shape index (κ2) is 5.12. The summed E-state index contributed by atoms with van der Waals surface area (Å²) in [6, 6.07) is 0. The zero-order valence-electron chi connectivity index (χ0n) is 8.73. The predicted octanol–water partition coefficient (Wildman–Crippen LogP) is 2.09. The van der Waals surface area contributed by atoms with Crippen LogP contribution in [0.2, 0.25) is 4.47 Å². The van der Waals surface area contributed by atoms with Crippen LogP contribution in [0.3, 0.4) is 0 Å². The number of piperidine rings is 1. The van der Waals surface area contributed by atoms with Gasteiger partial charge in [-0.25, -0.2) is 4.98 Å². The van der Waals surface area contributed by atoms with Crippen molar-refractivity contribution in [2.45, 2.75) is 19.4 Å². The predicted molar refractivity (Wildman–Crippen MR) is 62.8 cm³/mol. The maximum absolute atomic E-state index is 10.8. The van der Waals surface area contributed by atoms with Crippen molar-refractivity contribution in [1.82, 2.24) is 9.88 Å². The number of halogens is 1. The van der Waals surface area contributed by atoms with E-state index in [2.05, 4.69) is 9.88 Å². The zero-order valence-corrected chi connectivity index (χ0v) is 10.3. The summed E-state index contributed by atoms with van der Waals surface area (Å²) in [6.07, 6.45) is 3.26. The Bertz CT molecular complexity index is 375. The molecule has 2 rings (SSSR count). The van der Waals surface area contributed by atoms with E-state index in [4.69, 9.17) is 16.7 Å². The number of aliphatic carboxylic acids is 1. The molecule has 1 aromatic heterocycles. The Morgan fingerprint density at radius 2 is 2.31 bits per heavy atom. The van der Waals surface area contributed by atoms with Crippen LogP contribution in [0.4, 0.5) is 0 Å². The molecule has 1 aliphatic rings. The number of carboxylic acid groups (broad SMARTS) is 1. The number of rotatable bonds is 3. The molecule has 1 aliphatic heterocycles. The second-order valence-corrected chi connectivity index (χ2v) is 5.67. The van der Waals surface area contributed by atoms with E-state index in [0.717, 1.165) is 37.4 Å². The number of carboxylic acids is 1. The molecule has 6 heteroatoms. The summed E-state index contributed by atoms with van der Waals surface area (Å²) in [4.78, 5) is 18.2. The molecule has 0 atom stereocenters. The summed E-state index contributed by atoms with van der Waals surface area (Å²) >= 11 is 7.24. The summed E-state index contributed by atoms with van der Waals surface area (Å²) in [5, 5.41) is 8.87. The van der Waals surface area contributed by atoms with Crippen LogP contribution in [0.15, 0.2) is 6.20 Å². The average molecular weight is 261 g/mol. The minimum atomic E-state index is -0.666. The smallest absolute Gasteiger partial charge is 0.306 e. The third kappa shape index (κ3) is 2.93. The van der Waals surface area contributed by atoms with E-state index in [-0.39, 0.29) is 5.92 Å². The normalized spacial score (nSPS) is 18.8. The van der Waals surface area contributed by atoms with Crippen molar-refractivity contribution in [2.24, 2.45) is 5.92 Å². The first-order valence-electron chi connectivity index (χ1n) is 5.20. The minimum Gasteiger partial charge on any atom is -0.481 e.